The van der Waals surface area contributed by atoms with Gasteiger partial charge in [-0.2, -0.15) is 4.31 Å². The maximum Gasteiger partial charge on any atom is 0.243 e. The van der Waals surface area contributed by atoms with Crippen molar-refractivity contribution in [3.8, 4) is 0 Å². The Balaban J connectivity index is 1.96. The van der Waals surface area contributed by atoms with Crippen LogP contribution in [0.5, 0.6) is 0 Å². The first-order valence-electron chi connectivity index (χ1n) is 8.68. The number of anilines is 2. The van der Waals surface area contributed by atoms with E-state index in [1.165, 1.54) is 22.5 Å². The molecular weight excluding hydrogens is 369 g/mol. The SMILES string of the molecule is CCN(CC)S(=O)(=O)c1ccc(NCC(=O)Nc2ccc(C)c(F)c2)cc1. The third kappa shape index (κ3) is 5.27. The van der Waals surface area contributed by atoms with Crippen molar-refractivity contribution in [3.63, 3.8) is 0 Å². The minimum Gasteiger partial charge on any atom is -0.376 e. The molecule has 0 fully saturated rings. The van der Waals surface area contributed by atoms with Gasteiger partial charge in [-0.3, -0.25) is 4.79 Å². The quantitative estimate of drug-likeness (QED) is 0.722. The fraction of sp³-hybridized carbons (Fsp3) is 0.316. The molecule has 146 valence electrons. The Labute approximate surface area is 159 Å². The highest BCUT2D eigenvalue weighted by molar-refractivity contribution is 7.89. The van der Waals surface area contributed by atoms with Crippen molar-refractivity contribution in [2.75, 3.05) is 30.3 Å². The smallest absolute Gasteiger partial charge is 0.243 e. The molecule has 8 heteroatoms. The summed E-state index contributed by atoms with van der Waals surface area (Å²) in [5, 5.41) is 5.51. The van der Waals surface area contributed by atoms with Gasteiger partial charge in [0.25, 0.3) is 0 Å². The second-order valence-corrected chi connectivity index (χ2v) is 7.92. The average molecular weight is 393 g/mol. The van der Waals surface area contributed by atoms with Gasteiger partial charge in [-0.25, -0.2) is 12.8 Å². The Hall–Kier alpha value is -2.45. The molecule has 0 aliphatic carbocycles. The number of rotatable bonds is 8. The molecule has 0 saturated carbocycles. The molecule has 2 aromatic carbocycles. The minimum absolute atomic E-state index is 0.0301. The zero-order valence-corrected chi connectivity index (χ0v) is 16.4. The van der Waals surface area contributed by atoms with Gasteiger partial charge in [-0.05, 0) is 48.9 Å². The Morgan fingerprint density at radius 1 is 1.04 bits per heavy atom. The van der Waals surface area contributed by atoms with Gasteiger partial charge in [0.1, 0.15) is 5.82 Å². The summed E-state index contributed by atoms with van der Waals surface area (Å²) in [6, 6.07) is 10.7. The van der Waals surface area contributed by atoms with Gasteiger partial charge in [0, 0.05) is 24.5 Å². The molecule has 0 aliphatic heterocycles. The number of sulfonamides is 1. The van der Waals surface area contributed by atoms with E-state index in [-0.39, 0.29) is 23.2 Å². The Kier molecular flexibility index (Phi) is 6.92. The third-order valence-corrected chi connectivity index (χ3v) is 6.17. The molecule has 0 atom stereocenters. The number of halogens is 1. The molecule has 0 spiro atoms. The van der Waals surface area contributed by atoms with Crippen molar-refractivity contribution in [1.82, 2.24) is 4.31 Å². The van der Waals surface area contributed by atoms with Crippen LogP contribution in [0.25, 0.3) is 0 Å². The van der Waals surface area contributed by atoms with Crippen LogP contribution in [0.4, 0.5) is 15.8 Å². The first kappa shape index (κ1) is 20.9. The number of aryl methyl sites for hydroxylation is 1. The monoisotopic (exact) mass is 393 g/mol. The standard InChI is InChI=1S/C19H24FN3O3S/c1-4-23(5-2)27(25,26)17-10-8-15(9-11-17)21-13-19(24)22-16-7-6-14(3)18(20)12-16/h6-12,21H,4-5,13H2,1-3H3,(H,22,24). The summed E-state index contributed by atoms with van der Waals surface area (Å²) in [6.45, 7) is 5.99. The summed E-state index contributed by atoms with van der Waals surface area (Å²) in [5.41, 5.74) is 1.50. The van der Waals surface area contributed by atoms with Crippen LogP contribution in [-0.2, 0) is 14.8 Å². The minimum atomic E-state index is -3.51. The van der Waals surface area contributed by atoms with Crippen LogP contribution in [0.2, 0.25) is 0 Å². The summed E-state index contributed by atoms with van der Waals surface area (Å²) < 4.78 is 39.8. The Bertz CT molecular complexity index is 895. The van der Waals surface area contributed by atoms with Crippen molar-refractivity contribution < 1.29 is 17.6 Å². The number of nitrogens with one attached hydrogen (secondary N) is 2. The maximum atomic E-state index is 13.5. The molecule has 0 heterocycles. The topological polar surface area (TPSA) is 78.5 Å². The van der Waals surface area contributed by atoms with E-state index in [1.807, 2.05) is 0 Å². The summed E-state index contributed by atoms with van der Waals surface area (Å²) in [5.74, 6) is -0.719. The van der Waals surface area contributed by atoms with Crippen LogP contribution in [0.3, 0.4) is 0 Å². The Morgan fingerprint density at radius 2 is 1.63 bits per heavy atom. The van der Waals surface area contributed by atoms with Crippen LogP contribution in [0.15, 0.2) is 47.4 Å². The third-order valence-electron chi connectivity index (χ3n) is 4.11. The van der Waals surface area contributed by atoms with Crippen LogP contribution >= 0.6 is 0 Å². The lowest BCUT2D eigenvalue weighted by Gasteiger charge is -2.18. The van der Waals surface area contributed by atoms with Crippen LogP contribution < -0.4 is 10.6 Å². The highest BCUT2D eigenvalue weighted by Gasteiger charge is 2.21. The predicted octanol–water partition coefficient (Wildman–Crippen LogP) is 3.22. The van der Waals surface area contributed by atoms with Crippen molar-refractivity contribution >= 4 is 27.3 Å². The molecule has 0 bridgehead atoms. The molecule has 0 unspecified atom stereocenters. The number of nitrogens with zero attached hydrogens (tertiary/aromatic N) is 1. The summed E-state index contributed by atoms with van der Waals surface area (Å²) in [7, 11) is -3.51. The van der Waals surface area contributed by atoms with E-state index in [9.17, 15) is 17.6 Å². The van der Waals surface area contributed by atoms with E-state index in [1.54, 1.807) is 45.0 Å². The first-order valence-corrected chi connectivity index (χ1v) is 10.1. The van der Waals surface area contributed by atoms with Gasteiger partial charge in [0.2, 0.25) is 15.9 Å². The Morgan fingerprint density at radius 3 is 2.19 bits per heavy atom. The average Bonchev–Trinajstić information content (AvgIpc) is 2.64. The molecule has 1 amide bonds. The number of carbonyl (C=O) groups is 1. The molecule has 0 radical (unpaired) electrons. The summed E-state index contributed by atoms with van der Waals surface area (Å²) >= 11 is 0. The number of hydrogen-bond acceptors (Lipinski definition) is 4. The molecule has 6 nitrogen and oxygen atoms in total. The van der Waals surface area contributed by atoms with Crippen LogP contribution in [-0.4, -0.2) is 38.3 Å². The van der Waals surface area contributed by atoms with Gasteiger partial charge in [-0.1, -0.05) is 19.9 Å². The maximum absolute atomic E-state index is 13.5. The van der Waals surface area contributed by atoms with Crippen molar-refractivity contribution in [3.05, 3.63) is 53.8 Å². The second-order valence-electron chi connectivity index (χ2n) is 5.98. The van der Waals surface area contributed by atoms with Gasteiger partial charge < -0.3 is 10.6 Å². The number of carbonyl (C=O) groups excluding carboxylic acids is 1. The van der Waals surface area contributed by atoms with Crippen LogP contribution in [0.1, 0.15) is 19.4 Å². The van der Waals surface area contributed by atoms with Gasteiger partial charge in [0.05, 0.1) is 11.4 Å². The fourth-order valence-corrected chi connectivity index (χ4v) is 3.97. The van der Waals surface area contributed by atoms with Gasteiger partial charge in [0.15, 0.2) is 0 Å². The summed E-state index contributed by atoms with van der Waals surface area (Å²) in [4.78, 5) is 12.2. The molecule has 0 aliphatic rings. The lowest BCUT2D eigenvalue weighted by atomic mass is 10.2. The van der Waals surface area contributed by atoms with E-state index in [0.29, 0.717) is 30.0 Å². The highest BCUT2D eigenvalue weighted by Crippen LogP contribution is 2.18. The van der Waals surface area contributed by atoms with Crippen LogP contribution in [0, 0.1) is 12.7 Å². The lowest BCUT2D eigenvalue weighted by Crippen LogP contribution is -2.30. The fourth-order valence-electron chi connectivity index (χ4n) is 2.52. The molecular formula is C19H24FN3O3S. The van der Waals surface area contributed by atoms with E-state index in [2.05, 4.69) is 10.6 Å². The van der Waals surface area contributed by atoms with Gasteiger partial charge >= 0.3 is 0 Å². The van der Waals surface area contributed by atoms with Gasteiger partial charge in [-0.15, -0.1) is 0 Å². The normalized spacial score (nSPS) is 11.4. The molecule has 0 saturated heterocycles. The van der Waals surface area contributed by atoms with Crippen molar-refractivity contribution in [1.29, 1.82) is 0 Å². The van der Waals surface area contributed by atoms with Crippen molar-refractivity contribution in [2.45, 2.75) is 25.7 Å². The van der Waals surface area contributed by atoms with E-state index in [0.717, 1.165) is 0 Å². The van der Waals surface area contributed by atoms with Crippen molar-refractivity contribution in [2.24, 2.45) is 0 Å². The largest absolute Gasteiger partial charge is 0.376 e. The predicted molar refractivity (Wildman–Crippen MR) is 105 cm³/mol. The number of benzene rings is 2. The van der Waals surface area contributed by atoms with E-state index in [4.69, 9.17) is 0 Å². The highest BCUT2D eigenvalue weighted by atomic mass is 32.2. The summed E-state index contributed by atoms with van der Waals surface area (Å²) in [6.07, 6.45) is 0. The molecule has 2 rings (SSSR count). The number of hydrogen-bond donors (Lipinski definition) is 2. The first-order chi connectivity index (χ1) is 12.8. The lowest BCUT2D eigenvalue weighted by molar-refractivity contribution is -0.114. The molecule has 2 N–H and O–H groups in total. The molecule has 2 aromatic rings. The second kappa shape index (κ2) is 8.96. The molecule has 0 aromatic heterocycles. The molecule has 27 heavy (non-hydrogen) atoms. The van der Waals surface area contributed by atoms with E-state index >= 15 is 0 Å². The van der Waals surface area contributed by atoms with E-state index < -0.39 is 10.0 Å². The zero-order chi connectivity index (χ0) is 20.0. The number of amides is 1. The zero-order valence-electron chi connectivity index (χ0n) is 15.6.